The van der Waals surface area contributed by atoms with Crippen molar-refractivity contribution in [3.63, 3.8) is 0 Å². The third-order valence-corrected chi connectivity index (χ3v) is 3.79. The first-order valence-electron chi connectivity index (χ1n) is 7.48. The summed E-state index contributed by atoms with van der Waals surface area (Å²) < 4.78 is 10.9. The summed E-state index contributed by atoms with van der Waals surface area (Å²) in [5.41, 5.74) is 6.91. The monoisotopic (exact) mass is 292 g/mol. The number of hydrogen-bond acceptors (Lipinski definition) is 4. The molecular formula is C16H24N2O3. The minimum absolute atomic E-state index is 0.0805. The van der Waals surface area contributed by atoms with Crippen LogP contribution in [0.1, 0.15) is 30.1 Å². The second-order valence-corrected chi connectivity index (χ2v) is 5.39. The van der Waals surface area contributed by atoms with E-state index in [1.54, 1.807) is 23.1 Å². The third-order valence-electron chi connectivity index (χ3n) is 3.79. The van der Waals surface area contributed by atoms with Crippen LogP contribution in [0.5, 0.6) is 5.75 Å². The third kappa shape index (κ3) is 3.88. The average Bonchev–Trinajstić information content (AvgIpc) is 2.48. The standard InChI is InChI=1S/C16H24N2O3/c1-3-21-14-6-4-5-13(17)15(14)16(19)18(2)11-12-7-9-20-10-8-12/h4-6,12H,3,7-11,17H2,1-2H3. The molecule has 1 aromatic carbocycles. The zero-order chi connectivity index (χ0) is 15.2. The summed E-state index contributed by atoms with van der Waals surface area (Å²) in [4.78, 5) is 14.4. The molecule has 0 spiro atoms. The zero-order valence-electron chi connectivity index (χ0n) is 12.8. The van der Waals surface area contributed by atoms with Crippen molar-refractivity contribution in [2.45, 2.75) is 19.8 Å². The highest BCUT2D eigenvalue weighted by molar-refractivity contribution is 6.01. The maximum Gasteiger partial charge on any atom is 0.259 e. The summed E-state index contributed by atoms with van der Waals surface area (Å²) >= 11 is 0. The Bertz CT molecular complexity index is 484. The lowest BCUT2D eigenvalue weighted by molar-refractivity contribution is 0.0496. The Labute approximate surface area is 126 Å². The maximum absolute atomic E-state index is 12.7. The van der Waals surface area contributed by atoms with E-state index < -0.39 is 0 Å². The Kier molecular flexibility index (Phi) is 5.44. The van der Waals surface area contributed by atoms with Crippen LogP contribution in [0.25, 0.3) is 0 Å². The van der Waals surface area contributed by atoms with Crippen LogP contribution >= 0.6 is 0 Å². The molecule has 1 fully saturated rings. The average molecular weight is 292 g/mol. The van der Waals surface area contributed by atoms with Crippen molar-refractivity contribution in [1.82, 2.24) is 4.90 Å². The largest absolute Gasteiger partial charge is 0.493 e. The molecule has 0 aromatic heterocycles. The second-order valence-electron chi connectivity index (χ2n) is 5.39. The molecule has 0 radical (unpaired) electrons. The molecule has 21 heavy (non-hydrogen) atoms. The fourth-order valence-corrected chi connectivity index (χ4v) is 2.64. The molecule has 1 aromatic rings. The highest BCUT2D eigenvalue weighted by Crippen LogP contribution is 2.26. The summed E-state index contributed by atoms with van der Waals surface area (Å²) in [5, 5.41) is 0. The van der Waals surface area contributed by atoms with Gasteiger partial charge in [0, 0.05) is 32.5 Å². The normalized spacial score (nSPS) is 15.7. The fraction of sp³-hybridized carbons (Fsp3) is 0.562. The van der Waals surface area contributed by atoms with E-state index in [-0.39, 0.29) is 5.91 Å². The van der Waals surface area contributed by atoms with Crippen molar-refractivity contribution in [3.8, 4) is 5.75 Å². The minimum atomic E-state index is -0.0805. The number of anilines is 1. The van der Waals surface area contributed by atoms with Crippen LogP contribution in [0.3, 0.4) is 0 Å². The van der Waals surface area contributed by atoms with Crippen molar-refractivity contribution in [2.24, 2.45) is 5.92 Å². The van der Waals surface area contributed by atoms with Gasteiger partial charge >= 0.3 is 0 Å². The van der Waals surface area contributed by atoms with Crippen LogP contribution in [-0.4, -0.2) is 44.2 Å². The molecule has 0 atom stereocenters. The number of hydrogen-bond donors (Lipinski definition) is 1. The van der Waals surface area contributed by atoms with Crippen molar-refractivity contribution in [3.05, 3.63) is 23.8 Å². The summed E-state index contributed by atoms with van der Waals surface area (Å²) in [5.74, 6) is 0.970. The molecule has 2 N–H and O–H groups in total. The molecule has 1 amide bonds. The number of rotatable bonds is 5. The van der Waals surface area contributed by atoms with E-state index in [0.29, 0.717) is 29.5 Å². The van der Waals surface area contributed by atoms with Crippen molar-refractivity contribution in [2.75, 3.05) is 39.1 Å². The first-order chi connectivity index (χ1) is 10.1. The van der Waals surface area contributed by atoms with Crippen LogP contribution < -0.4 is 10.5 Å². The second kappa shape index (κ2) is 7.31. The summed E-state index contributed by atoms with van der Waals surface area (Å²) in [6, 6.07) is 5.32. The van der Waals surface area contributed by atoms with Crippen molar-refractivity contribution >= 4 is 11.6 Å². The van der Waals surface area contributed by atoms with Gasteiger partial charge in [-0.1, -0.05) is 6.07 Å². The van der Waals surface area contributed by atoms with Gasteiger partial charge in [0.2, 0.25) is 0 Å². The van der Waals surface area contributed by atoms with E-state index in [1.165, 1.54) is 0 Å². The Hall–Kier alpha value is -1.75. The van der Waals surface area contributed by atoms with Gasteiger partial charge in [-0.2, -0.15) is 0 Å². The van der Waals surface area contributed by atoms with Crippen LogP contribution in [0.4, 0.5) is 5.69 Å². The summed E-state index contributed by atoms with van der Waals surface area (Å²) in [7, 11) is 1.82. The van der Waals surface area contributed by atoms with Gasteiger partial charge in [0.15, 0.2) is 0 Å². The molecule has 1 aliphatic rings. The predicted octanol–water partition coefficient (Wildman–Crippen LogP) is 2.17. The zero-order valence-corrected chi connectivity index (χ0v) is 12.8. The molecule has 1 aliphatic heterocycles. The number of nitrogen functional groups attached to an aromatic ring is 1. The first kappa shape index (κ1) is 15.6. The van der Waals surface area contributed by atoms with Crippen molar-refractivity contribution in [1.29, 1.82) is 0 Å². The molecule has 116 valence electrons. The van der Waals surface area contributed by atoms with Gasteiger partial charge in [0.1, 0.15) is 11.3 Å². The van der Waals surface area contributed by atoms with Gasteiger partial charge in [-0.05, 0) is 37.8 Å². The van der Waals surface area contributed by atoms with E-state index in [4.69, 9.17) is 15.2 Å². The predicted molar refractivity (Wildman–Crippen MR) is 82.5 cm³/mol. The Balaban J connectivity index is 2.11. The molecule has 0 bridgehead atoms. The molecule has 5 nitrogen and oxygen atoms in total. The molecule has 0 aliphatic carbocycles. The van der Waals surface area contributed by atoms with E-state index in [0.717, 1.165) is 32.6 Å². The van der Waals surface area contributed by atoms with E-state index >= 15 is 0 Å². The van der Waals surface area contributed by atoms with E-state index in [2.05, 4.69) is 0 Å². The number of carbonyl (C=O) groups excluding carboxylic acids is 1. The van der Waals surface area contributed by atoms with Gasteiger partial charge in [-0.3, -0.25) is 4.79 Å². The Morgan fingerprint density at radius 1 is 1.43 bits per heavy atom. The van der Waals surface area contributed by atoms with Gasteiger partial charge in [0.25, 0.3) is 5.91 Å². The highest BCUT2D eigenvalue weighted by atomic mass is 16.5. The molecular weight excluding hydrogens is 268 g/mol. The molecule has 0 saturated carbocycles. The Morgan fingerprint density at radius 3 is 2.81 bits per heavy atom. The van der Waals surface area contributed by atoms with Crippen LogP contribution in [0.2, 0.25) is 0 Å². The minimum Gasteiger partial charge on any atom is -0.493 e. The topological polar surface area (TPSA) is 64.8 Å². The number of nitrogens with two attached hydrogens (primary N) is 1. The molecule has 5 heteroatoms. The number of benzene rings is 1. The summed E-state index contributed by atoms with van der Waals surface area (Å²) in [6.45, 7) is 4.69. The number of carbonyl (C=O) groups is 1. The lowest BCUT2D eigenvalue weighted by Crippen LogP contribution is -2.34. The van der Waals surface area contributed by atoms with Crippen LogP contribution in [0.15, 0.2) is 18.2 Å². The van der Waals surface area contributed by atoms with Gasteiger partial charge < -0.3 is 20.1 Å². The van der Waals surface area contributed by atoms with E-state index in [1.807, 2.05) is 14.0 Å². The SMILES string of the molecule is CCOc1cccc(N)c1C(=O)N(C)CC1CCOCC1. The van der Waals surface area contributed by atoms with Crippen molar-refractivity contribution < 1.29 is 14.3 Å². The van der Waals surface area contributed by atoms with Crippen LogP contribution in [-0.2, 0) is 4.74 Å². The number of nitrogens with zero attached hydrogens (tertiary/aromatic N) is 1. The molecule has 0 unspecified atom stereocenters. The fourth-order valence-electron chi connectivity index (χ4n) is 2.64. The maximum atomic E-state index is 12.7. The smallest absolute Gasteiger partial charge is 0.259 e. The Morgan fingerprint density at radius 2 is 2.14 bits per heavy atom. The van der Waals surface area contributed by atoms with E-state index in [9.17, 15) is 4.79 Å². The van der Waals surface area contributed by atoms with Gasteiger partial charge in [0.05, 0.1) is 6.61 Å². The quantitative estimate of drug-likeness (QED) is 0.845. The number of amides is 1. The summed E-state index contributed by atoms with van der Waals surface area (Å²) in [6.07, 6.45) is 2.00. The molecule has 1 heterocycles. The van der Waals surface area contributed by atoms with Gasteiger partial charge in [-0.25, -0.2) is 0 Å². The first-order valence-corrected chi connectivity index (χ1v) is 7.48. The lowest BCUT2D eigenvalue weighted by Gasteiger charge is -2.28. The van der Waals surface area contributed by atoms with Gasteiger partial charge in [-0.15, -0.1) is 0 Å². The van der Waals surface area contributed by atoms with Crippen LogP contribution in [0, 0.1) is 5.92 Å². The highest BCUT2D eigenvalue weighted by Gasteiger charge is 2.23. The number of ether oxygens (including phenoxy) is 2. The lowest BCUT2D eigenvalue weighted by atomic mass is 9.99. The molecule has 1 saturated heterocycles. The molecule has 2 rings (SSSR count).